The Morgan fingerprint density at radius 2 is 1.72 bits per heavy atom. The van der Waals surface area contributed by atoms with E-state index in [1.165, 1.54) is 24.3 Å². The first-order valence-electron chi connectivity index (χ1n) is 9.78. The van der Waals surface area contributed by atoms with Crippen LogP contribution in [0.15, 0.2) is 29.2 Å². The molecule has 0 radical (unpaired) electrons. The van der Waals surface area contributed by atoms with Gasteiger partial charge in [0.2, 0.25) is 10.0 Å². The van der Waals surface area contributed by atoms with Gasteiger partial charge in [-0.2, -0.15) is 0 Å². The van der Waals surface area contributed by atoms with Gasteiger partial charge in [-0.1, -0.05) is 0 Å². The first kappa shape index (κ1) is 23.8. The molecule has 1 aliphatic rings. The van der Waals surface area contributed by atoms with Gasteiger partial charge in [-0.3, -0.25) is 9.69 Å². The Balaban J connectivity index is 1.94. The summed E-state index contributed by atoms with van der Waals surface area (Å²) >= 11 is 0. The smallest absolute Gasteiger partial charge is 0.251 e. The second kappa shape index (κ2) is 9.55. The van der Waals surface area contributed by atoms with Crippen LogP contribution in [0, 0.1) is 0 Å². The summed E-state index contributed by atoms with van der Waals surface area (Å²) < 4.78 is 50.3. The van der Waals surface area contributed by atoms with Gasteiger partial charge in [0.1, 0.15) is 0 Å². The third kappa shape index (κ3) is 6.77. The molecule has 0 aromatic heterocycles. The third-order valence-corrected chi connectivity index (χ3v) is 8.27. The van der Waals surface area contributed by atoms with Crippen molar-refractivity contribution in [1.82, 2.24) is 14.9 Å². The van der Waals surface area contributed by atoms with Crippen LogP contribution in [0.4, 0.5) is 0 Å². The molecule has 1 aromatic carbocycles. The van der Waals surface area contributed by atoms with Crippen LogP contribution >= 0.6 is 0 Å². The molecule has 1 heterocycles. The van der Waals surface area contributed by atoms with Crippen molar-refractivity contribution in [3.05, 3.63) is 29.8 Å². The summed E-state index contributed by atoms with van der Waals surface area (Å²) in [5, 5.41) is 2.85. The minimum absolute atomic E-state index is 0.00383. The van der Waals surface area contributed by atoms with Crippen molar-refractivity contribution < 1.29 is 21.6 Å². The summed E-state index contributed by atoms with van der Waals surface area (Å²) in [6, 6.07) is 5.76. The first-order chi connectivity index (χ1) is 13.4. The largest absolute Gasteiger partial charge is 0.351 e. The van der Waals surface area contributed by atoms with Gasteiger partial charge in [0.25, 0.3) is 5.91 Å². The van der Waals surface area contributed by atoms with Crippen molar-refractivity contribution in [3.63, 3.8) is 0 Å². The SMILES string of the molecule is CC(C)N(CCNC(=O)c1ccc(S(=O)(=O)N[C@@H]2CCS(=O)(=O)C2)cc1)C(C)C. The molecule has 164 valence electrons. The van der Waals surface area contributed by atoms with Crippen LogP contribution in [0.25, 0.3) is 0 Å². The molecule has 1 aromatic rings. The quantitative estimate of drug-likeness (QED) is 0.586. The molecule has 1 amide bonds. The van der Waals surface area contributed by atoms with Gasteiger partial charge in [0.15, 0.2) is 9.84 Å². The molecule has 10 heteroatoms. The van der Waals surface area contributed by atoms with Crippen molar-refractivity contribution >= 4 is 25.8 Å². The van der Waals surface area contributed by atoms with Crippen LogP contribution in [-0.2, 0) is 19.9 Å². The highest BCUT2D eigenvalue weighted by Crippen LogP contribution is 2.16. The summed E-state index contributed by atoms with van der Waals surface area (Å²) in [7, 11) is -7.01. The van der Waals surface area contributed by atoms with Crippen molar-refractivity contribution in [1.29, 1.82) is 0 Å². The number of amides is 1. The van der Waals surface area contributed by atoms with Gasteiger partial charge in [0, 0.05) is 36.8 Å². The van der Waals surface area contributed by atoms with Crippen molar-refractivity contribution in [2.75, 3.05) is 24.6 Å². The number of nitrogens with zero attached hydrogens (tertiary/aromatic N) is 1. The molecule has 0 aliphatic carbocycles. The van der Waals surface area contributed by atoms with E-state index in [0.29, 0.717) is 24.2 Å². The molecule has 0 unspecified atom stereocenters. The maximum absolute atomic E-state index is 12.4. The van der Waals surface area contributed by atoms with E-state index in [4.69, 9.17) is 0 Å². The van der Waals surface area contributed by atoms with Crippen molar-refractivity contribution in [2.24, 2.45) is 0 Å². The summed E-state index contributed by atoms with van der Waals surface area (Å²) in [6.07, 6.45) is 0.270. The van der Waals surface area contributed by atoms with E-state index in [1.807, 2.05) is 0 Å². The lowest BCUT2D eigenvalue weighted by molar-refractivity contribution is 0.0939. The van der Waals surface area contributed by atoms with Crippen LogP contribution in [0.3, 0.4) is 0 Å². The maximum atomic E-state index is 12.4. The number of nitrogens with one attached hydrogen (secondary N) is 2. The number of sulfonamides is 1. The zero-order valence-corrected chi connectivity index (χ0v) is 19.0. The van der Waals surface area contributed by atoms with E-state index < -0.39 is 25.9 Å². The average Bonchev–Trinajstić information content (AvgIpc) is 2.95. The molecule has 1 saturated heterocycles. The minimum Gasteiger partial charge on any atom is -0.351 e. The van der Waals surface area contributed by atoms with E-state index in [9.17, 15) is 21.6 Å². The Morgan fingerprint density at radius 1 is 1.14 bits per heavy atom. The number of hydrogen-bond donors (Lipinski definition) is 2. The van der Waals surface area contributed by atoms with Gasteiger partial charge >= 0.3 is 0 Å². The summed E-state index contributed by atoms with van der Waals surface area (Å²) in [5.74, 6) is -0.461. The average molecular weight is 446 g/mol. The monoisotopic (exact) mass is 445 g/mol. The van der Waals surface area contributed by atoms with E-state index >= 15 is 0 Å². The molecule has 1 fully saturated rings. The molecular formula is C19H31N3O5S2. The van der Waals surface area contributed by atoms with E-state index in [0.717, 1.165) is 6.54 Å². The van der Waals surface area contributed by atoms with Crippen LogP contribution in [-0.4, -0.2) is 70.4 Å². The Labute approximate surface area is 174 Å². The molecule has 2 N–H and O–H groups in total. The summed E-state index contributed by atoms with van der Waals surface area (Å²) in [6.45, 7) is 9.65. The van der Waals surface area contributed by atoms with E-state index in [2.05, 4.69) is 42.6 Å². The Kier molecular flexibility index (Phi) is 7.83. The molecule has 29 heavy (non-hydrogen) atoms. The van der Waals surface area contributed by atoms with Crippen LogP contribution < -0.4 is 10.0 Å². The van der Waals surface area contributed by atoms with Gasteiger partial charge in [0.05, 0.1) is 16.4 Å². The molecule has 2 rings (SSSR count). The fourth-order valence-electron chi connectivity index (χ4n) is 3.47. The van der Waals surface area contributed by atoms with Gasteiger partial charge < -0.3 is 5.32 Å². The molecule has 1 aliphatic heterocycles. The lowest BCUT2D eigenvalue weighted by Gasteiger charge is -2.30. The van der Waals surface area contributed by atoms with Crippen LogP contribution in [0.2, 0.25) is 0 Å². The summed E-state index contributed by atoms with van der Waals surface area (Å²) in [4.78, 5) is 14.6. The van der Waals surface area contributed by atoms with Gasteiger partial charge in [-0.05, 0) is 58.4 Å². The number of carbonyl (C=O) groups is 1. The van der Waals surface area contributed by atoms with Crippen LogP contribution in [0.5, 0.6) is 0 Å². The predicted molar refractivity (Wildman–Crippen MR) is 113 cm³/mol. The highest BCUT2D eigenvalue weighted by atomic mass is 32.2. The fourth-order valence-corrected chi connectivity index (χ4v) is 6.52. The maximum Gasteiger partial charge on any atom is 0.251 e. The third-order valence-electron chi connectivity index (χ3n) is 4.96. The normalized spacial score (nSPS) is 19.2. The molecule has 0 bridgehead atoms. The highest BCUT2D eigenvalue weighted by molar-refractivity contribution is 7.92. The first-order valence-corrected chi connectivity index (χ1v) is 13.1. The molecular weight excluding hydrogens is 414 g/mol. The molecule has 0 saturated carbocycles. The number of benzene rings is 1. The topological polar surface area (TPSA) is 113 Å². The number of rotatable bonds is 9. The highest BCUT2D eigenvalue weighted by Gasteiger charge is 2.31. The van der Waals surface area contributed by atoms with Gasteiger partial charge in [-0.25, -0.2) is 21.6 Å². The molecule has 8 nitrogen and oxygen atoms in total. The fraction of sp³-hybridized carbons (Fsp3) is 0.632. The zero-order valence-electron chi connectivity index (χ0n) is 17.4. The lowest BCUT2D eigenvalue weighted by Crippen LogP contribution is -2.42. The number of hydrogen-bond acceptors (Lipinski definition) is 6. The van der Waals surface area contributed by atoms with Crippen molar-refractivity contribution in [2.45, 2.75) is 57.1 Å². The number of carbonyl (C=O) groups excluding carboxylic acids is 1. The Hall–Kier alpha value is -1.49. The molecule has 1 atom stereocenters. The van der Waals surface area contributed by atoms with E-state index in [-0.39, 0.29) is 28.7 Å². The standard InChI is InChI=1S/C19H31N3O5S2/c1-14(2)22(15(3)4)11-10-20-19(23)16-5-7-18(8-6-16)29(26,27)21-17-9-12-28(24,25)13-17/h5-8,14-15,17,21H,9-13H2,1-4H3,(H,20,23)/t17-/m1/s1. The Morgan fingerprint density at radius 3 is 2.21 bits per heavy atom. The van der Waals surface area contributed by atoms with Crippen LogP contribution in [0.1, 0.15) is 44.5 Å². The molecule has 0 spiro atoms. The van der Waals surface area contributed by atoms with Crippen molar-refractivity contribution in [3.8, 4) is 0 Å². The second-order valence-corrected chi connectivity index (χ2v) is 11.9. The zero-order chi connectivity index (χ0) is 21.8. The lowest BCUT2D eigenvalue weighted by atomic mass is 10.2. The summed E-state index contributed by atoms with van der Waals surface area (Å²) in [5.41, 5.74) is 0.369. The number of sulfone groups is 1. The Bertz CT molecular complexity index is 902. The second-order valence-electron chi connectivity index (χ2n) is 7.93. The van der Waals surface area contributed by atoms with Gasteiger partial charge in [-0.15, -0.1) is 0 Å². The predicted octanol–water partition coefficient (Wildman–Crippen LogP) is 1.00. The van der Waals surface area contributed by atoms with E-state index in [1.54, 1.807) is 0 Å². The minimum atomic E-state index is -3.84.